The Hall–Kier alpha value is -2.43. The average Bonchev–Trinajstić information content (AvgIpc) is 2.92. The highest BCUT2D eigenvalue weighted by atomic mass is 19.1. The smallest absolute Gasteiger partial charge is 0.155 e. The maximum Gasteiger partial charge on any atom is 0.155 e. The van der Waals surface area contributed by atoms with Crippen LogP contribution in [0.15, 0.2) is 43.0 Å². The molecule has 0 bridgehead atoms. The van der Waals surface area contributed by atoms with E-state index in [9.17, 15) is 4.39 Å². The standard InChI is InChI=1S/C16H16FN3O/c1-2-3-8-21-15-9-12(17)4-5-13(15)14-10-19-16-11-18-6-7-20(14)16/h4-7,9-11H,2-3,8H2,1H3. The van der Waals surface area contributed by atoms with Crippen LogP contribution in [-0.4, -0.2) is 21.0 Å². The maximum absolute atomic E-state index is 13.5. The number of halogens is 1. The number of aromatic nitrogens is 3. The molecule has 0 saturated heterocycles. The van der Waals surface area contributed by atoms with Crippen LogP contribution in [0.5, 0.6) is 5.75 Å². The molecule has 0 spiro atoms. The highest BCUT2D eigenvalue weighted by Crippen LogP contribution is 2.31. The Kier molecular flexibility index (Phi) is 3.81. The molecule has 0 unspecified atom stereocenters. The van der Waals surface area contributed by atoms with Gasteiger partial charge in [0.1, 0.15) is 11.6 Å². The molecule has 5 heteroatoms. The Morgan fingerprint density at radius 2 is 2.19 bits per heavy atom. The first-order valence-electron chi connectivity index (χ1n) is 6.99. The van der Waals surface area contributed by atoms with Crippen LogP contribution in [-0.2, 0) is 0 Å². The first-order chi connectivity index (χ1) is 10.3. The van der Waals surface area contributed by atoms with Crippen molar-refractivity contribution in [3.63, 3.8) is 0 Å². The van der Waals surface area contributed by atoms with Gasteiger partial charge in [0.25, 0.3) is 0 Å². The molecule has 0 atom stereocenters. The van der Waals surface area contributed by atoms with Crippen LogP contribution in [0.25, 0.3) is 16.9 Å². The summed E-state index contributed by atoms with van der Waals surface area (Å²) in [6.07, 6.45) is 8.93. The maximum atomic E-state index is 13.5. The van der Waals surface area contributed by atoms with E-state index in [2.05, 4.69) is 16.9 Å². The summed E-state index contributed by atoms with van der Waals surface area (Å²) < 4.78 is 21.1. The summed E-state index contributed by atoms with van der Waals surface area (Å²) in [6.45, 7) is 2.67. The highest BCUT2D eigenvalue weighted by Gasteiger charge is 2.12. The molecule has 0 aliphatic heterocycles. The van der Waals surface area contributed by atoms with E-state index < -0.39 is 0 Å². The van der Waals surface area contributed by atoms with Gasteiger partial charge in [0.05, 0.1) is 24.7 Å². The summed E-state index contributed by atoms with van der Waals surface area (Å²) in [4.78, 5) is 8.35. The van der Waals surface area contributed by atoms with Gasteiger partial charge in [-0.1, -0.05) is 13.3 Å². The van der Waals surface area contributed by atoms with E-state index in [0.717, 1.165) is 29.7 Å². The first-order valence-corrected chi connectivity index (χ1v) is 6.99. The minimum atomic E-state index is -0.305. The fourth-order valence-electron chi connectivity index (χ4n) is 2.20. The second-order valence-electron chi connectivity index (χ2n) is 4.79. The number of rotatable bonds is 5. The molecule has 21 heavy (non-hydrogen) atoms. The van der Waals surface area contributed by atoms with Crippen LogP contribution < -0.4 is 4.74 Å². The molecule has 2 heterocycles. The van der Waals surface area contributed by atoms with Gasteiger partial charge in [-0.3, -0.25) is 9.38 Å². The molecular formula is C16H16FN3O. The summed E-state index contributed by atoms with van der Waals surface area (Å²) in [5.74, 6) is 0.239. The molecule has 4 nitrogen and oxygen atoms in total. The lowest BCUT2D eigenvalue weighted by molar-refractivity contribution is 0.309. The van der Waals surface area contributed by atoms with Gasteiger partial charge in [0.2, 0.25) is 0 Å². The molecule has 0 aliphatic rings. The van der Waals surface area contributed by atoms with Crippen molar-refractivity contribution in [2.75, 3.05) is 6.61 Å². The summed E-state index contributed by atoms with van der Waals surface area (Å²) in [6, 6.07) is 4.58. The molecule has 2 aromatic heterocycles. The fraction of sp³-hybridized carbons (Fsp3) is 0.250. The van der Waals surface area contributed by atoms with Crippen molar-refractivity contribution in [3.8, 4) is 17.0 Å². The molecule has 0 aliphatic carbocycles. The minimum Gasteiger partial charge on any atom is -0.493 e. The number of ether oxygens (including phenoxy) is 1. The number of imidazole rings is 1. The van der Waals surface area contributed by atoms with Crippen molar-refractivity contribution in [2.24, 2.45) is 0 Å². The highest BCUT2D eigenvalue weighted by molar-refractivity contribution is 5.69. The van der Waals surface area contributed by atoms with Crippen molar-refractivity contribution in [1.82, 2.24) is 14.4 Å². The third kappa shape index (κ3) is 2.72. The van der Waals surface area contributed by atoms with Gasteiger partial charge in [0, 0.05) is 24.0 Å². The zero-order valence-electron chi connectivity index (χ0n) is 11.8. The van der Waals surface area contributed by atoms with E-state index in [1.807, 2.05) is 10.6 Å². The van der Waals surface area contributed by atoms with Crippen molar-refractivity contribution >= 4 is 5.65 Å². The van der Waals surface area contributed by atoms with Crippen LogP contribution in [0.1, 0.15) is 19.8 Å². The minimum absolute atomic E-state index is 0.305. The van der Waals surface area contributed by atoms with Gasteiger partial charge in [-0.15, -0.1) is 0 Å². The fourth-order valence-corrected chi connectivity index (χ4v) is 2.20. The number of hydrogen-bond acceptors (Lipinski definition) is 3. The summed E-state index contributed by atoms with van der Waals surface area (Å²) in [7, 11) is 0. The molecule has 3 rings (SSSR count). The van der Waals surface area contributed by atoms with E-state index in [4.69, 9.17) is 4.74 Å². The number of benzene rings is 1. The first kappa shape index (κ1) is 13.5. The molecule has 3 aromatic rings. The van der Waals surface area contributed by atoms with E-state index in [1.54, 1.807) is 24.7 Å². The van der Waals surface area contributed by atoms with Crippen LogP contribution in [0, 0.1) is 5.82 Å². The number of fused-ring (bicyclic) bond motifs is 1. The summed E-state index contributed by atoms with van der Waals surface area (Å²) in [5.41, 5.74) is 2.43. The van der Waals surface area contributed by atoms with Gasteiger partial charge in [-0.25, -0.2) is 9.37 Å². The molecule has 0 saturated carbocycles. The third-order valence-corrected chi connectivity index (χ3v) is 3.29. The van der Waals surface area contributed by atoms with Crippen molar-refractivity contribution in [2.45, 2.75) is 19.8 Å². The van der Waals surface area contributed by atoms with Gasteiger partial charge >= 0.3 is 0 Å². The molecule has 0 amide bonds. The van der Waals surface area contributed by atoms with Crippen LogP contribution in [0.4, 0.5) is 4.39 Å². The number of hydrogen-bond donors (Lipinski definition) is 0. The SMILES string of the molecule is CCCCOc1cc(F)ccc1-c1cnc2cnccn12. The van der Waals surface area contributed by atoms with E-state index in [-0.39, 0.29) is 5.82 Å². The lowest BCUT2D eigenvalue weighted by atomic mass is 10.1. The Balaban J connectivity index is 2.04. The zero-order valence-corrected chi connectivity index (χ0v) is 11.8. The van der Waals surface area contributed by atoms with Gasteiger partial charge in [0.15, 0.2) is 5.65 Å². The van der Waals surface area contributed by atoms with Crippen LogP contribution in [0.2, 0.25) is 0 Å². The monoisotopic (exact) mass is 285 g/mol. The molecule has 1 aromatic carbocycles. The predicted octanol–water partition coefficient (Wildman–Crippen LogP) is 3.71. The zero-order chi connectivity index (χ0) is 14.7. The molecular weight excluding hydrogens is 269 g/mol. The van der Waals surface area contributed by atoms with Gasteiger partial charge in [-0.2, -0.15) is 0 Å². The third-order valence-electron chi connectivity index (χ3n) is 3.29. The quantitative estimate of drug-likeness (QED) is 0.671. The lowest BCUT2D eigenvalue weighted by Gasteiger charge is -2.11. The Labute approximate surface area is 122 Å². The predicted molar refractivity (Wildman–Crippen MR) is 78.8 cm³/mol. The van der Waals surface area contributed by atoms with Crippen LogP contribution in [0.3, 0.4) is 0 Å². The normalized spacial score (nSPS) is 11.0. The van der Waals surface area contributed by atoms with E-state index >= 15 is 0 Å². The van der Waals surface area contributed by atoms with Crippen LogP contribution >= 0.6 is 0 Å². The van der Waals surface area contributed by atoms with E-state index in [0.29, 0.717) is 12.4 Å². The largest absolute Gasteiger partial charge is 0.493 e. The number of unbranched alkanes of at least 4 members (excludes halogenated alkanes) is 1. The van der Waals surface area contributed by atoms with Gasteiger partial charge in [-0.05, 0) is 18.6 Å². The average molecular weight is 285 g/mol. The van der Waals surface area contributed by atoms with Crippen molar-refractivity contribution < 1.29 is 9.13 Å². The molecule has 0 radical (unpaired) electrons. The second kappa shape index (κ2) is 5.91. The molecule has 0 N–H and O–H groups in total. The van der Waals surface area contributed by atoms with Crippen molar-refractivity contribution in [3.05, 3.63) is 48.8 Å². The molecule has 108 valence electrons. The second-order valence-corrected chi connectivity index (χ2v) is 4.79. The lowest BCUT2D eigenvalue weighted by Crippen LogP contribution is -1.99. The summed E-state index contributed by atoms with van der Waals surface area (Å²) >= 11 is 0. The Bertz CT molecular complexity index is 754. The number of nitrogens with zero attached hydrogens (tertiary/aromatic N) is 3. The van der Waals surface area contributed by atoms with Gasteiger partial charge < -0.3 is 4.74 Å². The van der Waals surface area contributed by atoms with Crippen molar-refractivity contribution in [1.29, 1.82) is 0 Å². The molecule has 0 fully saturated rings. The Morgan fingerprint density at radius 1 is 1.29 bits per heavy atom. The topological polar surface area (TPSA) is 39.4 Å². The van der Waals surface area contributed by atoms with E-state index in [1.165, 1.54) is 12.1 Å². The Morgan fingerprint density at radius 3 is 3.05 bits per heavy atom. The summed E-state index contributed by atoms with van der Waals surface area (Å²) in [5, 5.41) is 0.